The van der Waals surface area contributed by atoms with E-state index in [2.05, 4.69) is 4.90 Å². The number of hydrogen-bond acceptors (Lipinski definition) is 3. The third-order valence-electron chi connectivity index (χ3n) is 5.75. The molecule has 0 spiro atoms. The van der Waals surface area contributed by atoms with E-state index >= 15 is 0 Å². The van der Waals surface area contributed by atoms with Crippen molar-refractivity contribution in [2.45, 2.75) is 25.3 Å². The molecule has 1 aromatic heterocycles. The maximum atomic E-state index is 14.3. The topological polar surface area (TPSA) is 22.3 Å². The molecule has 1 aromatic carbocycles. The number of fused-ring (bicyclic) bond motifs is 1. The van der Waals surface area contributed by atoms with E-state index in [0.29, 0.717) is 24.4 Å². The van der Waals surface area contributed by atoms with Gasteiger partial charge in [0.05, 0.1) is 13.2 Å². The van der Waals surface area contributed by atoms with Crippen molar-refractivity contribution >= 4 is 24.6 Å². The minimum atomic E-state index is -1.37. The highest BCUT2D eigenvalue weighted by atomic mass is 35.5. The van der Waals surface area contributed by atoms with Crippen LogP contribution in [0, 0.1) is 28.0 Å². The fraction of sp³-hybridized carbons (Fsp3) is 0.526. The predicted molar refractivity (Wildman–Crippen MR) is 105 cm³/mol. The summed E-state index contributed by atoms with van der Waals surface area (Å²) in [6.07, 6.45) is 1.03. The number of aromatic nitrogens is 2. The number of rotatable bonds is 4. The van der Waals surface area contributed by atoms with Gasteiger partial charge in [0.25, 0.3) is 0 Å². The van der Waals surface area contributed by atoms with E-state index in [1.54, 1.807) is 0 Å². The first kappa shape index (κ1) is 22.3. The first-order valence-electron chi connectivity index (χ1n) is 9.28. The van der Waals surface area contributed by atoms with Gasteiger partial charge < -0.3 is 13.9 Å². The van der Waals surface area contributed by atoms with Crippen molar-refractivity contribution in [3.63, 3.8) is 0 Å². The summed E-state index contributed by atoms with van der Waals surface area (Å²) in [5.41, 5.74) is 1.35. The third-order valence-corrected chi connectivity index (χ3v) is 6.24. The summed E-state index contributed by atoms with van der Waals surface area (Å²) < 4.78 is 65.5. The third kappa shape index (κ3) is 3.97. The molecular formula is C19H22ClF4N3OS. The molecule has 4 nitrogen and oxygen atoms in total. The van der Waals surface area contributed by atoms with Gasteiger partial charge in [0.2, 0.25) is 0 Å². The average Bonchev–Trinajstić information content (AvgIpc) is 3.19. The molecule has 160 valence electrons. The summed E-state index contributed by atoms with van der Waals surface area (Å²) in [4.78, 5) is 2.30. The maximum Gasteiger partial charge on any atom is 0.179 e. The first-order valence-corrected chi connectivity index (χ1v) is 9.69. The molecular weight excluding hydrogens is 430 g/mol. The smallest absolute Gasteiger partial charge is 0.179 e. The summed E-state index contributed by atoms with van der Waals surface area (Å²) in [5, 5.41) is 0. The van der Waals surface area contributed by atoms with Crippen LogP contribution in [0.1, 0.15) is 22.9 Å². The summed E-state index contributed by atoms with van der Waals surface area (Å²) in [6.45, 7) is 4.17. The van der Waals surface area contributed by atoms with Crippen LogP contribution in [0.2, 0.25) is 0 Å². The Bertz CT molecular complexity index is 945. The van der Waals surface area contributed by atoms with Crippen LogP contribution in [0.4, 0.5) is 17.6 Å². The fourth-order valence-electron chi connectivity index (χ4n) is 4.24. The summed E-state index contributed by atoms with van der Waals surface area (Å²) >= 11 is 5.49. The van der Waals surface area contributed by atoms with Gasteiger partial charge in [0, 0.05) is 68.6 Å². The van der Waals surface area contributed by atoms with Gasteiger partial charge in [-0.1, -0.05) is 0 Å². The Labute approximate surface area is 177 Å². The number of morpholine rings is 1. The standard InChI is InChI=1S/C19H21F4N3OS.ClH/c1-24-14(2-3-25-4-6-27-7-5-25)15-8-11(10-26(15)19(24)28)16-17(22)12(20)9-13(21)18(16)23;/h9,11H,2-8,10H2,1H3;1H/t11-;/m0./s1. The maximum absolute atomic E-state index is 14.3. The summed E-state index contributed by atoms with van der Waals surface area (Å²) in [5.74, 6) is -6.07. The highest BCUT2D eigenvalue weighted by Crippen LogP contribution is 2.36. The van der Waals surface area contributed by atoms with Gasteiger partial charge in [-0.15, -0.1) is 12.4 Å². The molecule has 1 atom stereocenters. The first-order chi connectivity index (χ1) is 13.4. The lowest BCUT2D eigenvalue weighted by molar-refractivity contribution is 0.0382. The lowest BCUT2D eigenvalue weighted by atomic mass is 9.94. The normalized spacial score (nSPS) is 19.3. The molecule has 0 radical (unpaired) electrons. The van der Waals surface area contributed by atoms with E-state index in [-0.39, 0.29) is 25.0 Å². The van der Waals surface area contributed by atoms with Crippen molar-refractivity contribution in [2.24, 2.45) is 7.05 Å². The Kier molecular flexibility index (Phi) is 6.72. The minimum Gasteiger partial charge on any atom is -0.379 e. The van der Waals surface area contributed by atoms with Crippen LogP contribution in [-0.2, 0) is 31.2 Å². The van der Waals surface area contributed by atoms with Crippen molar-refractivity contribution < 1.29 is 22.3 Å². The number of ether oxygens (including phenoxy) is 1. The van der Waals surface area contributed by atoms with Crippen LogP contribution in [0.5, 0.6) is 0 Å². The van der Waals surface area contributed by atoms with E-state index in [0.717, 1.165) is 37.4 Å². The van der Waals surface area contributed by atoms with Gasteiger partial charge in [-0.3, -0.25) is 4.90 Å². The van der Waals surface area contributed by atoms with Gasteiger partial charge in [0.1, 0.15) is 0 Å². The van der Waals surface area contributed by atoms with Crippen molar-refractivity contribution in [3.8, 4) is 0 Å². The molecule has 2 aromatic rings. The molecule has 3 heterocycles. The minimum absolute atomic E-state index is 0. The SMILES string of the molecule is Cl.Cn1c(CCN2CCOCC2)c2n(c1=S)C[C@@H](c1c(F)c(F)cc(F)c1F)C2. The van der Waals surface area contributed by atoms with Crippen LogP contribution >= 0.6 is 24.6 Å². The van der Waals surface area contributed by atoms with Crippen LogP contribution in [-0.4, -0.2) is 46.9 Å². The zero-order chi connectivity index (χ0) is 20.0. The quantitative estimate of drug-likeness (QED) is 0.401. The molecule has 2 aliphatic heterocycles. The molecule has 4 rings (SSSR count). The predicted octanol–water partition coefficient (Wildman–Crippen LogP) is 3.75. The Hall–Kier alpha value is -1.42. The van der Waals surface area contributed by atoms with Crippen LogP contribution in [0.25, 0.3) is 0 Å². The van der Waals surface area contributed by atoms with E-state index in [1.165, 1.54) is 0 Å². The van der Waals surface area contributed by atoms with E-state index in [1.807, 2.05) is 16.2 Å². The number of benzene rings is 1. The molecule has 1 fully saturated rings. The Morgan fingerprint density at radius 2 is 1.72 bits per heavy atom. The van der Waals surface area contributed by atoms with Crippen LogP contribution in [0.3, 0.4) is 0 Å². The molecule has 0 N–H and O–H groups in total. The van der Waals surface area contributed by atoms with Crippen LogP contribution < -0.4 is 0 Å². The van der Waals surface area contributed by atoms with Crippen molar-refractivity contribution in [3.05, 3.63) is 51.1 Å². The van der Waals surface area contributed by atoms with Gasteiger partial charge in [-0.25, -0.2) is 17.6 Å². The summed E-state index contributed by atoms with van der Waals surface area (Å²) in [7, 11) is 1.88. The Balaban J connectivity index is 0.00000240. The number of nitrogens with zero attached hydrogens (tertiary/aromatic N) is 3. The van der Waals surface area contributed by atoms with E-state index in [9.17, 15) is 17.6 Å². The van der Waals surface area contributed by atoms with Gasteiger partial charge in [0.15, 0.2) is 28.0 Å². The highest BCUT2D eigenvalue weighted by molar-refractivity contribution is 7.71. The zero-order valence-corrected chi connectivity index (χ0v) is 17.5. The fourth-order valence-corrected chi connectivity index (χ4v) is 4.54. The average molecular weight is 452 g/mol. The largest absolute Gasteiger partial charge is 0.379 e. The molecule has 0 bridgehead atoms. The van der Waals surface area contributed by atoms with Gasteiger partial charge in [-0.05, 0) is 18.6 Å². The monoisotopic (exact) mass is 451 g/mol. The second-order valence-electron chi connectivity index (χ2n) is 7.33. The van der Waals surface area contributed by atoms with Crippen molar-refractivity contribution in [1.82, 2.24) is 14.0 Å². The molecule has 1 saturated heterocycles. The molecule has 2 aliphatic rings. The number of imidazole rings is 1. The number of halogens is 5. The Morgan fingerprint density at radius 3 is 2.34 bits per heavy atom. The van der Waals surface area contributed by atoms with Gasteiger partial charge in [-0.2, -0.15) is 0 Å². The molecule has 10 heteroatoms. The summed E-state index contributed by atoms with van der Waals surface area (Å²) in [6, 6.07) is 0.246. The Morgan fingerprint density at radius 1 is 1.10 bits per heavy atom. The second kappa shape index (κ2) is 8.75. The lowest BCUT2D eigenvalue weighted by Crippen LogP contribution is -2.37. The number of hydrogen-bond donors (Lipinski definition) is 0. The molecule has 0 saturated carbocycles. The molecule has 0 unspecified atom stereocenters. The second-order valence-corrected chi connectivity index (χ2v) is 7.70. The zero-order valence-electron chi connectivity index (χ0n) is 15.9. The van der Waals surface area contributed by atoms with Gasteiger partial charge >= 0.3 is 0 Å². The molecule has 0 amide bonds. The lowest BCUT2D eigenvalue weighted by Gasteiger charge is -2.26. The van der Waals surface area contributed by atoms with Crippen molar-refractivity contribution in [2.75, 3.05) is 32.8 Å². The highest BCUT2D eigenvalue weighted by Gasteiger charge is 2.34. The van der Waals surface area contributed by atoms with Crippen molar-refractivity contribution in [1.29, 1.82) is 0 Å². The van der Waals surface area contributed by atoms with E-state index in [4.69, 9.17) is 17.0 Å². The molecule has 29 heavy (non-hydrogen) atoms. The van der Waals surface area contributed by atoms with E-state index < -0.39 is 34.8 Å². The molecule has 0 aliphatic carbocycles. The van der Waals surface area contributed by atoms with Crippen LogP contribution in [0.15, 0.2) is 6.07 Å².